The van der Waals surface area contributed by atoms with Crippen molar-refractivity contribution in [2.75, 3.05) is 13.3 Å². The normalized spacial score (nSPS) is 32.6. The molecule has 0 aromatic heterocycles. The molecule has 0 radical (unpaired) electrons. The highest BCUT2D eigenvalue weighted by Gasteiger charge is 2.32. The van der Waals surface area contributed by atoms with E-state index < -0.39 is 7.14 Å². The fourth-order valence-electron chi connectivity index (χ4n) is 1.44. The molecule has 2 nitrogen and oxygen atoms in total. The van der Waals surface area contributed by atoms with Crippen molar-refractivity contribution in [3.05, 3.63) is 0 Å². The molecule has 0 N–H and O–H groups in total. The number of ether oxygens (including phenoxy) is 1. The molecule has 1 saturated heterocycles. The minimum absolute atomic E-state index is 0.0486. The van der Waals surface area contributed by atoms with Gasteiger partial charge in [-0.15, -0.1) is 0 Å². The third-order valence-electron chi connectivity index (χ3n) is 2.23. The first-order valence-corrected chi connectivity index (χ1v) is 6.91. The van der Waals surface area contributed by atoms with Crippen molar-refractivity contribution >= 4 is 7.14 Å². The van der Waals surface area contributed by atoms with E-state index in [-0.39, 0.29) is 5.85 Å². The van der Waals surface area contributed by atoms with Crippen LogP contribution in [-0.2, 0) is 9.30 Å². The molecule has 1 fully saturated rings. The van der Waals surface area contributed by atoms with Crippen LogP contribution in [0.5, 0.6) is 0 Å². The largest absolute Gasteiger partial charge is 0.367 e. The second kappa shape index (κ2) is 3.28. The Labute approximate surface area is 68.7 Å². The van der Waals surface area contributed by atoms with Gasteiger partial charge in [0, 0.05) is 0 Å². The third-order valence-corrected chi connectivity index (χ3v) is 4.00. The maximum atomic E-state index is 11.6. The Kier molecular flexibility index (Phi) is 2.77. The van der Waals surface area contributed by atoms with Crippen molar-refractivity contribution in [2.24, 2.45) is 0 Å². The van der Waals surface area contributed by atoms with Gasteiger partial charge in [0.05, 0.1) is 6.10 Å². The fraction of sp³-hybridized carbons (Fsp3) is 1.00. The van der Waals surface area contributed by atoms with Crippen LogP contribution in [0.15, 0.2) is 0 Å². The molecule has 0 aromatic rings. The van der Waals surface area contributed by atoms with Crippen LogP contribution in [0, 0.1) is 0 Å². The Hall–Kier alpha value is 0.190. The molecule has 0 aromatic carbocycles. The zero-order chi connectivity index (χ0) is 8.48. The summed E-state index contributed by atoms with van der Waals surface area (Å²) in [5, 5.41) is 0. The molecule has 2 unspecified atom stereocenters. The zero-order valence-electron chi connectivity index (χ0n) is 7.54. The van der Waals surface area contributed by atoms with Crippen LogP contribution in [0.25, 0.3) is 0 Å². The van der Waals surface area contributed by atoms with Crippen molar-refractivity contribution in [1.29, 1.82) is 0 Å². The maximum absolute atomic E-state index is 11.6. The molecule has 1 aliphatic rings. The SMILES string of the molecule is CCC1CCC(P(C)(C)=O)O1. The Balaban J connectivity index is 2.48. The van der Waals surface area contributed by atoms with Gasteiger partial charge in [-0.25, -0.2) is 0 Å². The van der Waals surface area contributed by atoms with Gasteiger partial charge in [-0.2, -0.15) is 0 Å². The lowest BCUT2D eigenvalue weighted by atomic mass is 10.2. The van der Waals surface area contributed by atoms with Crippen LogP contribution < -0.4 is 0 Å². The summed E-state index contributed by atoms with van der Waals surface area (Å²) in [6, 6.07) is 0. The van der Waals surface area contributed by atoms with E-state index in [9.17, 15) is 4.57 Å². The topological polar surface area (TPSA) is 26.3 Å². The Bertz CT molecular complexity index is 173. The molecule has 66 valence electrons. The van der Waals surface area contributed by atoms with Crippen LogP contribution in [-0.4, -0.2) is 25.3 Å². The van der Waals surface area contributed by atoms with Crippen molar-refractivity contribution in [3.8, 4) is 0 Å². The highest BCUT2D eigenvalue weighted by atomic mass is 31.2. The van der Waals surface area contributed by atoms with E-state index in [4.69, 9.17) is 4.74 Å². The predicted molar refractivity (Wildman–Crippen MR) is 47.6 cm³/mol. The van der Waals surface area contributed by atoms with E-state index in [0.29, 0.717) is 6.10 Å². The van der Waals surface area contributed by atoms with Crippen LogP contribution >= 0.6 is 7.14 Å². The van der Waals surface area contributed by atoms with Crippen LogP contribution in [0.4, 0.5) is 0 Å². The fourth-order valence-corrected chi connectivity index (χ4v) is 2.68. The smallest absolute Gasteiger partial charge is 0.110 e. The Morgan fingerprint density at radius 2 is 2.09 bits per heavy atom. The molecule has 1 aliphatic heterocycles. The maximum Gasteiger partial charge on any atom is 0.110 e. The summed E-state index contributed by atoms with van der Waals surface area (Å²) in [6.45, 7) is 5.74. The lowest BCUT2D eigenvalue weighted by Crippen LogP contribution is -2.09. The minimum atomic E-state index is -1.99. The second-order valence-corrected chi connectivity index (χ2v) is 7.08. The van der Waals surface area contributed by atoms with Gasteiger partial charge in [-0.05, 0) is 32.6 Å². The molecule has 0 amide bonds. The lowest BCUT2D eigenvalue weighted by Gasteiger charge is -2.16. The Morgan fingerprint density at radius 1 is 1.45 bits per heavy atom. The zero-order valence-corrected chi connectivity index (χ0v) is 8.43. The van der Waals surface area contributed by atoms with E-state index in [0.717, 1.165) is 19.3 Å². The van der Waals surface area contributed by atoms with Gasteiger partial charge in [0.25, 0.3) is 0 Å². The monoisotopic (exact) mass is 176 g/mol. The summed E-state index contributed by atoms with van der Waals surface area (Å²) in [7, 11) is -1.99. The first-order valence-electron chi connectivity index (χ1n) is 4.24. The molecule has 0 saturated carbocycles. The molecule has 11 heavy (non-hydrogen) atoms. The standard InChI is InChI=1S/C8H17O2P/c1-4-7-5-6-8(10-7)11(2,3)9/h7-8H,4-6H2,1-3H3. The van der Waals surface area contributed by atoms with Crippen molar-refractivity contribution in [2.45, 2.75) is 38.1 Å². The van der Waals surface area contributed by atoms with Gasteiger partial charge < -0.3 is 9.30 Å². The molecular formula is C8H17O2P. The average molecular weight is 176 g/mol. The van der Waals surface area contributed by atoms with Crippen LogP contribution in [0.2, 0.25) is 0 Å². The summed E-state index contributed by atoms with van der Waals surface area (Å²) in [5.41, 5.74) is 0. The third kappa shape index (κ3) is 2.31. The van der Waals surface area contributed by atoms with Gasteiger partial charge in [0.15, 0.2) is 0 Å². The first kappa shape index (κ1) is 9.28. The number of rotatable bonds is 2. The van der Waals surface area contributed by atoms with E-state index in [1.54, 1.807) is 0 Å². The van der Waals surface area contributed by atoms with E-state index in [1.165, 1.54) is 0 Å². The summed E-state index contributed by atoms with van der Waals surface area (Å²) in [5.74, 6) is 0.0486. The predicted octanol–water partition coefficient (Wildman–Crippen LogP) is 2.52. The van der Waals surface area contributed by atoms with Gasteiger partial charge >= 0.3 is 0 Å². The highest BCUT2D eigenvalue weighted by molar-refractivity contribution is 7.62. The molecule has 2 atom stereocenters. The van der Waals surface area contributed by atoms with Gasteiger partial charge in [0.2, 0.25) is 0 Å². The quantitative estimate of drug-likeness (QED) is 0.604. The minimum Gasteiger partial charge on any atom is -0.367 e. The number of hydrogen-bond acceptors (Lipinski definition) is 2. The molecule has 3 heteroatoms. The molecular weight excluding hydrogens is 159 g/mol. The summed E-state index contributed by atoms with van der Waals surface area (Å²) in [4.78, 5) is 0. The Morgan fingerprint density at radius 3 is 2.36 bits per heavy atom. The van der Waals surface area contributed by atoms with Gasteiger partial charge in [-0.3, -0.25) is 0 Å². The summed E-state index contributed by atoms with van der Waals surface area (Å²) in [6.07, 6.45) is 3.50. The second-order valence-electron chi connectivity index (χ2n) is 3.63. The molecule has 0 spiro atoms. The van der Waals surface area contributed by atoms with E-state index in [1.807, 2.05) is 13.3 Å². The van der Waals surface area contributed by atoms with Gasteiger partial charge in [-0.1, -0.05) is 6.92 Å². The lowest BCUT2D eigenvalue weighted by molar-refractivity contribution is 0.0839. The van der Waals surface area contributed by atoms with E-state index >= 15 is 0 Å². The summed E-state index contributed by atoms with van der Waals surface area (Å²) >= 11 is 0. The van der Waals surface area contributed by atoms with Crippen LogP contribution in [0.1, 0.15) is 26.2 Å². The number of hydrogen-bond donors (Lipinski definition) is 0. The van der Waals surface area contributed by atoms with Crippen molar-refractivity contribution in [3.63, 3.8) is 0 Å². The molecule has 1 heterocycles. The van der Waals surface area contributed by atoms with Crippen molar-refractivity contribution < 1.29 is 9.30 Å². The van der Waals surface area contributed by atoms with Gasteiger partial charge in [0.1, 0.15) is 13.0 Å². The van der Waals surface area contributed by atoms with Crippen LogP contribution in [0.3, 0.4) is 0 Å². The molecule has 1 rings (SSSR count). The first-order chi connectivity index (χ1) is 5.04. The average Bonchev–Trinajstić information content (AvgIpc) is 2.32. The van der Waals surface area contributed by atoms with E-state index in [2.05, 4.69) is 6.92 Å². The van der Waals surface area contributed by atoms with Crippen molar-refractivity contribution in [1.82, 2.24) is 0 Å². The highest BCUT2D eigenvalue weighted by Crippen LogP contribution is 2.49. The molecule has 0 aliphatic carbocycles. The summed E-state index contributed by atoms with van der Waals surface area (Å²) < 4.78 is 17.2. The molecule has 0 bridgehead atoms.